The predicted octanol–water partition coefficient (Wildman–Crippen LogP) is 2.75. The summed E-state index contributed by atoms with van der Waals surface area (Å²) in [5.41, 5.74) is 6.63. The first-order valence-corrected chi connectivity index (χ1v) is 8.75. The van der Waals surface area contributed by atoms with Gasteiger partial charge < -0.3 is 0 Å². The normalized spacial score (nSPS) is 18.8. The van der Waals surface area contributed by atoms with E-state index in [4.69, 9.17) is 5.84 Å². The molecule has 4 nitrogen and oxygen atoms in total. The third-order valence-electron chi connectivity index (χ3n) is 4.11. The van der Waals surface area contributed by atoms with Gasteiger partial charge in [0.1, 0.15) is 0 Å². The van der Waals surface area contributed by atoms with Crippen LogP contribution in [0.3, 0.4) is 0 Å². The maximum absolute atomic E-state index is 5.86. The maximum atomic E-state index is 5.86. The van der Waals surface area contributed by atoms with Crippen LogP contribution in [0.15, 0.2) is 33.6 Å². The van der Waals surface area contributed by atoms with E-state index in [0.717, 1.165) is 22.3 Å². The third-order valence-corrected chi connectivity index (χ3v) is 6.35. The lowest BCUT2D eigenvalue weighted by Crippen LogP contribution is -2.42. The monoisotopic (exact) mass is 366 g/mol. The van der Waals surface area contributed by atoms with Crippen molar-refractivity contribution in [2.24, 2.45) is 12.9 Å². The van der Waals surface area contributed by atoms with Gasteiger partial charge >= 0.3 is 0 Å². The number of aryl methyl sites for hydroxylation is 2. The van der Waals surface area contributed by atoms with E-state index in [9.17, 15) is 0 Å². The fourth-order valence-electron chi connectivity index (χ4n) is 2.95. The van der Waals surface area contributed by atoms with E-state index in [-0.39, 0.29) is 6.04 Å². The Balaban J connectivity index is 1.87. The fraction of sp³-hybridized carbons (Fsp3) is 0.400. The van der Waals surface area contributed by atoms with Crippen molar-refractivity contribution in [1.29, 1.82) is 0 Å². The summed E-state index contributed by atoms with van der Waals surface area (Å²) in [6, 6.07) is 8.81. The molecule has 1 aliphatic heterocycles. The number of rotatable bonds is 4. The molecule has 3 rings (SSSR count). The zero-order valence-corrected chi connectivity index (χ0v) is 14.5. The van der Waals surface area contributed by atoms with Gasteiger partial charge in [-0.1, -0.05) is 18.2 Å². The van der Waals surface area contributed by atoms with Gasteiger partial charge in [-0.2, -0.15) is 5.10 Å². The van der Waals surface area contributed by atoms with E-state index in [1.165, 1.54) is 16.2 Å². The molecule has 0 saturated heterocycles. The molecule has 2 aromatic rings. The van der Waals surface area contributed by atoms with Crippen molar-refractivity contribution >= 4 is 27.7 Å². The van der Waals surface area contributed by atoms with Crippen LogP contribution < -0.4 is 11.3 Å². The number of benzene rings is 1. The number of aromatic nitrogens is 2. The number of nitrogens with one attached hydrogen (secondary N) is 1. The SMILES string of the molecule is Cc1nn(C)c(CC(NN)C2CSc3ccccc32)c1Br. The summed E-state index contributed by atoms with van der Waals surface area (Å²) in [6.45, 7) is 2.01. The minimum absolute atomic E-state index is 0.201. The van der Waals surface area contributed by atoms with Crippen LogP contribution in [0.1, 0.15) is 22.9 Å². The van der Waals surface area contributed by atoms with Gasteiger partial charge in [0, 0.05) is 36.1 Å². The Kier molecular flexibility index (Phi) is 4.40. The Hall–Kier alpha value is -0.820. The molecular formula is C15H19BrN4S. The molecule has 0 bridgehead atoms. The molecule has 1 aromatic heterocycles. The summed E-state index contributed by atoms with van der Waals surface area (Å²) in [5.74, 6) is 7.36. The van der Waals surface area contributed by atoms with Crippen molar-refractivity contribution in [3.05, 3.63) is 45.7 Å². The minimum atomic E-state index is 0.201. The highest BCUT2D eigenvalue weighted by Gasteiger charge is 2.31. The quantitative estimate of drug-likeness (QED) is 0.645. The van der Waals surface area contributed by atoms with Crippen LogP contribution in [0.25, 0.3) is 0 Å². The van der Waals surface area contributed by atoms with Gasteiger partial charge in [-0.15, -0.1) is 11.8 Å². The highest BCUT2D eigenvalue weighted by molar-refractivity contribution is 9.10. The average molecular weight is 367 g/mol. The largest absolute Gasteiger partial charge is 0.271 e. The first kappa shape index (κ1) is 15.1. The second-order valence-corrected chi connectivity index (χ2v) is 7.26. The van der Waals surface area contributed by atoms with Crippen LogP contribution in [0.4, 0.5) is 0 Å². The first-order valence-electron chi connectivity index (χ1n) is 6.97. The Morgan fingerprint density at radius 3 is 2.95 bits per heavy atom. The van der Waals surface area contributed by atoms with Crippen LogP contribution in [0.5, 0.6) is 0 Å². The van der Waals surface area contributed by atoms with E-state index in [2.05, 4.69) is 50.7 Å². The van der Waals surface area contributed by atoms with Gasteiger partial charge in [0.2, 0.25) is 0 Å². The molecule has 1 aliphatic rings. The highest BCUT2D eigenvalue weighted by Crippen LogP contribution is 2.41. The van der Waals surface area contributed by atoms with E-state index in [0.29, 0.717) is 5.92 Å². The lowest BCUT2D eigenvalue weighted by atomic mass is 9.91. The molecule has 0 spiro atoms. The van der Waals surface area contributed by atoms with E-state index in [1.54, 1.807) is 0 Å². The van der Waals surface area contributed by atoms with Gasteiger partial charge in [-0.05, 0) is 34.5 Å². The van der Waals surface area contributed by atoms with Crippen LogP contribution in [0.2, 0.25) is 0 Å². The van der Waals surface area contributed by atoms with E-state index >= 15 is 0 Å². The third kappa shape index (κ3) is 2.77. The molecule has 112 valence electrons. The summed E-state index contributed by atoms with van der Waals surface area (Å²) < 4.78 is 3.03. The van der Waals surface area contributed by atoms with Crippen molar-refractivity contribution in [2.75, 3.05) is 5.75 Å². The number of nitrogens with zero attached hydrogens (tertiary/aromatic N) is 2. The number of hydrogen-bond acceptors (Lipinski definition) is 4. The van der Waals surface area contributed by atoms with Gasteiger partial charge in [-0.3, -0.25) is 16.0 Å². The van der Waals surface area contributed by atoms with E-state index < -0.39 is 0 Å². The summed E-state index contributed by atoms with van der Waals surface area (Å²) >= 11 is 5.56. The molecule has 2 unspecified atom stereocenters. The van der Waals surface area contributed by atoms with Crippen LogP contribution in [-0.2, 0) is 13.5 Å². The molecule has 0 aliphatic carbocycles. The Labute approximate surface area is 137 Å². The Morgan fingerprint density at radius 1 is 1.52 bits per heavy atom. The van der Waals surface area contributed by atoms with Crippen molar-refractivity contribution in [2.45, 2.75) is 30.2 Å². The standard InChI is InChI=1S/C15H19BrN4S/c1-9-15(16)13(20(2)19-9)7-12(18-17)11-8-21-14-6-4-3-5-10(11)14/h3-6,11-12,18H,7-8,17H2,1-2H3. The number of nitrogens with two attached hydrogens (primary N) is 1. The summed E-state index contributed by atoms with van der Waals surface area (Å²) in [4.78, 5) is 1.38. The molecule has 0 radical (unpaired) electrons. The predicted molar refractivity (Wildman–Crippen MR) is 90.4 cm³/mol. The topological polar surface area (TPSA) is 55.9 Å². The number of thioether (sulfide) groups is 1. The van der Waals surface area contributed by atoms with Gasteiger partial charge in [-0.25, -0.2) is 0 Å². The first-order chi connectivity index (χ1) is 10.1. The smallest absolute Gasteiger partial charge is 0.0738 e. The molecule has 3 N–H and O–H groups in total. The van der Waals surface area contributed by atoms with Gasteiger partial charge in [0.25, 0.3) is 0 Å². The average Bonchev–Trinajstić information content (AvgIpc) is 3.00. The number of hydrogen-bond donors (Lipinski definition) is 2. The van der Waals surface area contributed by atoms with Crippen LogP contribution >= 0.6 is 27.7 Å². The maximum Gasteiger partial charge on any atom is 0.0738 e. The van der Waals surface area contributed by atoms with Gasteiger partial charge in [0.05, 0.1) is 15.9 Å². The zero-order chi connectivity index (χ0) is 15.0. The minimum Gasteiger partial charge on any atom is -0.271 e. The molecule has 0 amide bonds. The van der Waals surface area contributed by atoms with E-state index in [1.807, 2.05) is 30.4 Å². The Bertz CT molecular complexity index is 655. The van der Waals surface area contributed by atoms with Crippen molar-refractivity contribution in [3.8, 4) is 0 Å². The number of halogens is 1. The zero-order valence-electron chi connectivity index (χ0n) is 12.1. The number of fused-ring (bicyclic) bond motifs is 1. The Morgan fingerprint density at radius 2 is 2.29 bits per heavy atom. The molecular weight excluding hydrogens is 348 g/mol. The summed E-state index contributed by atoms with van der Waals surface area (Å²) in [5, 5.41) is 4.46. The van der Waals surface area contributed by atoms with Crippen molar-refractivity contribution < 1.29 is 0 Å². The second kappa shape index (κ2) is 6.12. The van der Waals surface area contributed by atoms with Crippen LogP contribution in [0, 0.1) is 6.92 Å². The summed E-state index contributed by atoms with van der Waals surface area (Å²) in [7, 11) is 1.98. The highest BCUT2D eigenvalue weighted by atomic mass is 79.9. The molecule has 2 heterocycles. The molecule has 21 heavy (non-hydrogen) atoms. The van der Waals surface area contributed by atoms with Gasteiger partial charge in [0.15, 0.2) is 0 Å². The lowest BCUT2D eigenvalue weighted by Gasteiger charge is -2.23. The lowest BCUT2D eigenvalue weighted by molar-refractivity contribution is 0.451. The summed E-state index contributed by atoms with van der Waals surface area (Å²) in [6.07, 6.45) is 0.855. The fourth-order valence-corrected chi connectivity index (χ4v) is 4.78. The molecule has 6 heteroatoms. The molecule has 0 fully saturated rings. The van der Waals surface area contributed by atoms with Crippen LogP contribution in [-0.4, -0.2) is 21.6 Å². The van der Waals surface area contributed by atoms with Crippen molar-refractivity contribution in [3.63, 3.8) is 0 Å². The van der Waals surface area contributed by atoms with Crippen molar-refractivity contribution in [1.82, 2.24) is 15.2 Å². The molecule has 0 saturated carbocycles. The number of hydrazine groups is 1. The second-order valence-electron chi connectivity index (χ2n) is 5.40. The molecule has 2 atom stereocenters. The molecule has 1 aromatic carbocycles.